The SMILES string of the molecule is O=C(NC1CCC(n2nnc(-c3ccccc3)n2)CC1)c1ccc(N2CCCC2=O)cc1. The molecule has 0 atom stereocenters. The van der Waals surface area contributed by atoms with Gasteiger partial charge < -0.3 is 10.2 Å². The van der Waals surface area contributed by atoms with Gasteiger partial charge >= 0.3 is 0 Å². The maximum Gasteiger partial charge on any atom is 0.251 e. The van der Waals surface area contributed by atoms with Gasteiger partial charge in [0.25, 0.3) is 5.91 Å². The second-order valence-corrected chi connectivity index (χ2v) is 8.47. The fourth-order valence-corrected chi connectivity index (χ4v) is 4.52. The van der Waals surface area contributed by atoms with Gasteiger partial charge in [-0.3, -0.25) is 9.59 Å². The van der Waals surface area contributed by atoms with Crippen molar-refractivity contribution in [2.75, 3.05) is 11.4 Å². The smallest absolute Gasteiger partial charge is 0.251 e. The second kappa shape index (κ2) is 8.90. The number of benzene rings is 2. The van der Waals surface area contributed by atoms with Gasteiger partial charge in [0.05, 0.1) is 6.04 Å². The summed E-state index contributed by atoms with van der Waals surface area (Å²) in [6.45, 7) is 0.751. The summed E-state index contributed by atoms with van der Waals surface area (Å²) in [6, 6.07) is 17.5. The average Bonchev–Trinajstić information content (AvgIpc) is 3.50. The fraction of sp³-hybridized carbons (Fsp3) is 0.375. The molecule has 1 aromatic heterocycles. The number of hydrogen-bond donors (Lipinski definition) is 1. The molecule has 0 radical (unpaired) electrons. The Balaban J connectivity index is 1.14. The Bertz CT molecular complexity index is 1090. The molecule has 8 nitrogen and oxygen atoms in total. The topological polar surface area (TPSA) is 93.0 Å². The van der Waals surface area contributed by atoms with Gasteiger partial charge in [0.1, 0.15) is 0 Å². The molecular weight excluding hydrogens is 404 g/mol. The van der Waals surface area contributed by atoms with Crippen LogP contribution in [0.2, 0.25) is 0 Å². The number of rotatable bonds is 5. The quantitative estimate of drug-likeness (QED) is 0.670. The minimum atomic E-state index is -0.0713. The molecule has 2 amide bonds. The number of nitrogens with zero attached hydrogens (tertiary/aromatic N) is 5. The predicted molar refractivity (Wildman–Crippen MR) is 120 cm³/mol. The molecule has 0 unspecified atom stereocenters. The van der Waals surface area contributed by atoms with Gasteiger partial charge in [0, 0.05) is 35.8 Å². The highest BCUT2D eigenvalue weighted by molar-refractivity contribution is 5.97. The molecule has 0 bridgehead atoms. The standard InChI is InChI=1S/C24H26N6O2/c31-22-7-4-16-29(22)20-12-8-18(9-13-20)24(32)25-19-10-14-21(15-11-19)30-27-23(26-28-30)17-5-2-1-3-6-17/h1-3,5-6,8-9,12-13,19,21H,4,7,10-11,14-16H2,(H,25,32). The molecule has 1 saturated carbocycles. The number of anilines is 1. The molecule has 1 aliphatic carbocycles. The molecule has 1 N–H and O–H groups in total. The molecule has 5 rings (SSSR count). The van der Waals surface area contributed by atoms with Crippen LogP contribution in [0.5, 0.6) is 0 Å². The lowest BCUT2D eigenvalue weighted by Crippen LogP contribution is -2.38. The molecule has 2 aliphatic rings. The minimum Gasteiger partial charge on any atom is -0.349 e. The van der Waals surface area contributed by atoms with Crippen molar-refractivity contribution in [1.82, 2.24) is 25.5 Å². The third-order valence-electron chi connectivity index (χ3n) is 6.33. The van der Waals surface area contributed by atoms with Crippen LogP contribution in [0.25, 0.3) is 11.4 Å². The van der Waals surface area contributed by atoms with Crippen molar-refractivity contribution in [3.05, 3.63) is 60.2 Å². The van der Waals surface area contributed by atoms with Crippen molar-refractivity contribution in [3.63, 3.8) is 0 Å². The molecule has 2 heterocycles. The van der Waals surface area contributed by atoms with E-state index < -0.39 is 0 Å². The van der Waals surface area contributed by atoms with E-state index in [0.717, 1.165) is 49.9 Å². The van der Waals surface area contributed by atoms with Gasteiger partial charge in [-0.05, 0) is 61.6 Å². The summed E-state index contributed by atoms with van der Waals surface area (Å²) in [5.41, 5.74) is 2.44. The van der Waals surface area contributed by atoms with Crippen molar-refractivity contribution in [2.24, 2.45) is 0 Å². The summed E-state index contributed by atoms with van der Waals surface area (Å²) in [5.74, 6) is 0.717. The van der Waals surface area contributed by atoms with Gasteiger partial charge in [0.15, 0.2) is 0 Å². The highest BCUT2D eigenvalue weighted by Gasteiger charge is 2.26. The van der Waals surface area contributed by atoms with E-state index in [2.05, 4.69) is 20.7 Å². The van der Waals surface area contributed by atoms with Crippen LogP contribution in [0.1, 0.15) is 54.9 Å². The Kier molecular flexibility index (Phi) is 5.66. The fourth-order valence-electron chi connectivity index (χ4n) is 4.52. The third-order valence-corrected chi connectivity index (χ3v) is 6.33. The first kappa shape index (κ1) is 20.4. The predicted octanol–water partition coefficient (Wildman–Crippen LogP) is 3.38. The summed E-state index contributed by atoms with van der Waals surface area (Å²) in [7, 11) is 0. The van der Waals surface area contributed by atoms with Crippen molar-refractivity contribution in [2.45, 2.75) is 50.6 Å². The maximum atomic E-state index is 12.7. The monoisotopic (exact) mass is 430 g/mol. The van der Waals surface area contributed by atoms with Crippen LogP contribution in [0.15, 0.2) is 54.6 Å². The van der Waals surface area contributed by atoms with Crippen LogP contribution in [-0.4, -0.2) is 44.6 Å². The number of aromatic nitrogens is 4. The Labute approximate surface area is 186 Å². The van der Waals surface area contributed by atoms with Crippen LogP contribution in [0.4, 0.5) is 5.69 Å². The third kappa shape index (κ3) is 4.26. The normalized spacial score (nSPS) is 21.0. The van der Waals surface area contributed by atoms with Crippen molar-refractivity contribution in [3.8, 4) is 11.4 Å². The first-order valence-electron chi connectivity index (χ1n) is 11.2. The Morgan fingerprint density at radius 1 is 0.969 bits per heavy atom. The van der Waals surface area contributed by atoms with E-state index in [4.69, 9.17) is 0 Å². The van der Waals surface area contributed by atoms with Crippen molar-refractivity contribution >= 4 is 17.5 Å². The highest BCUT2D eigenvalue weighted by atomic mass is 16.2. The number of tetrazole rings is 1. The number of carbonyl (C=O) groups is 2. The van der Waals surface area contributed by atoms with E-state index >= 15 is 0 Å². The van der Waals surface area contributed by atoms with Crippen LogP contribution in [0, 0.1) is 0 Å². The molecule has 1 aliphatic heterocycles. The molecule has 8 heteroatoms. The molecule has 2 aromatic carbocycles. The van der Waals surface area contributed by atoms with E-state index in [1.807, 2.05) is 42.5 Å². The summed E-state index contributed by atoms with van der Waals surface area (Å²) < 4.78 is 0. The number of carbonyl (C=O) groups excluding carboxylic acids is 2. The van der Waals surface area contributed by atoms with E-state index in [-0.39, 0.29) is 23.9 Å². The Morgan fingerprint density at radius 2 is 1.72 bits per heavy atom. The van der Waals surface area contributed by atoms with Gasteiger partial charge in [-0.1, -0.05) is 30.3 Å². The van der Waals surface area contributed by atoms with Crippen LogP contribution in [0.3, 0.4) is 0 Å². The second-order valence-electron chi connectivity index (χ2n) is 8.47. The number of hydrogen-bond acceptors (Lipinski definition) is 5. The van der Waals surface area contributed by atoms with Crippen LogP contribution < -0.4 is 10.2 Å². The summed E-state index contributed by atoms with van der Waals surface area (Å²) >= 11 is 0. The number of nitrogens with one attached hydrogen (secondary N) is 1. The molecule has 164 valence electrons. The van der Waals surface area contributed by atoms with Crippen molar-refractivity contribution in [1.29, 1.82) is 0 Å². The van der Waals surface area contributed by atoms with Gasteiger partial charge in [-0.2, -0.15) is 4.80 Å². The zero-order valence-corrected chi connectivity index (χ0v) is 17.9. The first-order valence-corrected chi connectivity index (χ1v) is 11.2. The van der Waals surface area contributed by atoms with E-state index in [9.17, 15) is 9.59 Å². The lowest BCUT2D eigenvalue weighted by Gasteiger charge is -2.28. The van der Waals surface area contributed by atoms with Gasteiger partial charge in [-0.15, -0.1) is 10.2 Å². The largest absolute Gasteiger partial charge is 0.349 e. The van der Waals surface area contributed by atoms with E-state index in [0.29, 0.717) is 17.8 Å². The average molecular weight is 431 g/mol. The Morgan fingerprint density at radius 3 is 2.41 bits per heavy atom. The molecule has 2 fully saturated rings. The maximum absolute atomic E-state index is 12.7. The van der Waals surface area contributed by atoms with Gasteiger partial charge in [0.2, 0.25) is 11.7 Å². The zero-order valence-electron chi connectivity index (χ0n) is 17.9. The lowest BCUT2D eigenvalue weighted by atomic mass is 9.91. The van der Waals surface area contributed by atoms with Crippen LogP contribution in [-0.2, 0) is 4.79 Å². The molecule has 32 heavy (non-hydrogen) atoms. The molecule has 1 saturated heterocycles. The lowest BCUT2D eigenvalue weighted by molar-refractivity contribution is -0.117. The van der Waals surface area contributed by atoms with Crippen molar-refractivity contribution < 1.29 is 9.59 Å². The summed E-state index contributed by atoms with van der Waals surface area (Å²) in [4.78, 5) is 28.1. The molecule has 0 spiro atoms. The molecular formula is C24H26N6O2. The highest BCUT2D eigenvalue weighted by Crippen LogP contribution is 2.28. The first-order chi connectivity index (χ1) is 15.7. The molecule has 3 aromatic rings. The number of amides is 2. The Hall–Kier alpha value is -3.55. The van der Waals surface area contributed by atoms with E-state index in [1.165, 1.54) is 0 Å². The van der Waals surface area contributed by atoms with Crippen LogP contribution >= 0.6 is 0 Å². The van der Waals surface area contributed by atoms with Gasteiger partial charge in [-0.25, -0.2) is 0 Å². The summed E-state index contributed by atoms with van der Waals surface area (Å²) in [5, 5.41) is 16.2. The minimum absolute atomic E-state index is 0.0713. The van der Waals surface area contributed by atoms with E-state index in [1.54, 1.807) is 21.8 Å². The zero-order chi connectivity index (χ0) is 21.9. The summed E-state index contributed by atoms with van der Waals surface area (Å²) in [6.07, 6.45) is 5.03.